The first-order chi connectivity index (χ1) is 15.7. The van der Waals surface area contributed by atoms with E-state index in [4.69, 9.17) is 4.74 Å². The number of methoxy groups -OCH3 is 1. The number of likely N-dealkylation sites (tertiary alicyclic amines) is 1. The number of piperidine rings is 1. The number of amides is 1. The summed E-state index contributed by atoms with van der Waals surface area (Å²) in [6, 6.07) is 9.57. The Bertz CT molecular complexity index is 1230. The molecular weight excluding hydrogens is 424 g/mol. The van der Waals surface area contributed by atoms with Gasteiger partial charge in [-0.25, -0.2) is 13.8 Å². The van der Waals surface area contributed by atoms with Crippen molar-refractivity contribution in [1.82, 2.24) is 14.5 Å². The number of hydrogen-bond donors (Lipinski definition) is 0. The SMILES string of the molecule is COc1cc(/C=C2\CCCN(C(C)(C)c3ccc(F)c(F)c3)C2=O)ccc1-n1cnc(C)c1. The average molecular weight is 452 g/mol. The van der Waals surface area contributed by atoms with Gasteiger partial charge in [-0.2, -0.15) is 0 Å². The standard InChI is InChI=1S/C26H27F2N3O2/c1-17-15-30(16-29-17)23-10-7-18(13-24(23)33-4)12-19-6-5-11-31(25(19)32)26(2,3)20-8-9-21(27)22(28)14-20/h7-10,12-16H,5-6,11H2,1-4H3/b19-12+. The van der Waals surface area contributed by atoms with Gasteiger partial charge in [0.1, 0.15) is 5.75 Å². The Morgan fingerprint density at radius 1 is 1.12 bits per heavy atom. The number of aromatic nitrogens is 2. The van der Waals surface area contributed by atoms with Crippen LogP contribution >= 0.6 is 0 Å². The maximum absolute atomic E-state index is 13.9. The topological polar surface area (TPSA) is 47.4 Å². The quantitative estimate of drug-likeness (QED) is 0.488. The van der Waals surface area contributed by atoms with Crippen LogP contribution in [0.15, 0.2) is 54.5 Å². The number of nitrogens with zero attached hydrogens (tertiary/aromatic N) is 3. The van der Waals surface area contributed by atoms with E-state index >= 15 is 0 Å². The maximum Gasteiger partial charge on any atom is 0.250 e. The molecule has 0 spiro atoms. The number of carbonyl (C=O) groups is 1. The average Bonchev–Trinajstić information content (AvgIpc) is 3.22. The van der Waals surface area contributed by atoms with Gasteiger partial charge in [0, 0.05) is 18.3 Å². The molecule has 0 bridgehead atoms. The zero-order valence-corrected chi connectivity index (χ0v) is 19.2. The van der Waals surface area contributed by atoms with Crippen LogP contribution in [0.2, 0.25) is 0 Å². The fourth-order valence-electron chi connectivity index (χ4n) is 4.26. The Balaban J connectivity index is 1.63. The van der Waals surface area contributed by atoms with Gasteiger partial charge in [-0.1, -0.05) is 12.1 Å². The number of benzene rings is 2. The van der Waals surface area contributed by atoms with Crippen LogP contribution in [0.4, 0.5) is 8.78 Å². The van der Waals surface area contributed by atoms with Crippen molar-refractivity contribution in [2.75, 3.05) is 13.7 Å². The van der Waals surface area contributed by atoms with Gasteiger partial charge in [0.05, 0.1) is 30.4 Å². The van der Waals surface area contributed by atoms with E-state index in [-0.39, 0.29) is 5.91 Å². The molecule has 0 radical (unpaired) electrons. The number of halogens is 2. The molecule has 2 aromatic carbocycles. The minimum Gasteiger partial charge on any atom is -0.495 e. The van der Waals surface area contributed by atoms with Gasteiger partial charge in [0.25, 0.3) is 5.91 Å². The van der Waals surface area contributed by atoms with Crippen molar-refractivity contribution in [3.05, 3.63) is 83.0 Å². The monoisotopic (exact) mass is 451 g/mol. The van der Waals surface area contributed by atoms with Crippen molar-refractivity contribution in [3.8, 4) is 11.4 Å². The molecular formula is C26H27F2N3O2. The first-order valence-electron chi connectivity index (χ1n) is 10.9. The van der Waals surface area contributed by atoms with Crippen LogP contribution in [0.25, 0.3) is 11.8 Å². The van der Waals surface area contributed by atoms with E-state index in [2.05, 4.69) is 4.98 Å². The van der Waals surface area contributed by atoms with E-state index in [1.54, 1.807) is 18.3 Å². The van der Waals surface area contributed by atoms with Crippen LogP contribution in [0.5, 0.6) is 5.75 Å². The number of rotatable bonds is 5. The molecule has 1 amide bonds. The van der Waals surface area contributed by atoms with Crippen molar-refractivity contribution in [3.63, 3.8) is 0 Å². The number of ether oxygens (including phenoxy) is 1. The summed E-state index contributed by atoms with van der Waals surface area (Å²) >= 11 is 0. The summed E-state index contributed by atoms with van der Waals surface area (Å²) in [6.07, 6.45) is 6.95. The molecule has 2 heterocycles. The Morgan fingerprint density at radius 2 is 1.91 bits per heavy atom. The maximum atomic E-state index is 13.9. The lowest BCUT2D eigenvalue weighted by molar-refractivity contribution is -0.134. The second-order valence-corrected chi connectivity index (χ2v) is 8.77. The zero-order valence-electron chi connectivity index (χ0n) is 19.2. The normalized spacial score (nSPS) is 15.9. The predicted molar refractivity (Wildman–Crippen MR) is 123 cm³/mol. The Labute approximate surface area is 192 Å². The fourth-order valence-corrected chi connectivity index (χ4v) is 4.26. The van der Waals surface area contributed by atoms with Crippen LogP contribution in [0.1, 0.15) is 43.5 Å². The highest BCUT2D eigenvalue weighted by Crippen LogP contribution is 2.34. The van der Waals surface area contributed by atoms with Gasteiger partial charge in [-0.3, -0.25) is 4.79 Å². The van der Waals surface area contributed by atoms with Crippen molar-refractivity contribution in [2.45, 2.75) is 39.2 Å². The third kappa shape index (κ3) is 4.40. The number of carbonyl (C=O) groups excluding carboxylic acids is 1. The van der Waals surface area contributed by atoms with E-state index in [9.17, 15) is 13.6 Å². The van der Waals surface area contributed by atoms with Crippen molar-refractivity contribution in [1.29, 1.82) is 0 Å². The lowest BCUT2D eigenvalue weighted by atomic mass is 9.88. The van der Waals surface area contributed by atoms with Crippen LogP contribution in [-0.2, 0) is 10.3 Å². The molecule has 1 aromatic heterocycles. The smallest absolute Gasteiger partial charge is 0.250 e. The molecule has 0 unspecified atom stereocenters. The first kappa shape index (κ1) is 22.7. The van der Waals surface area contributed by atoms with Gasteiger partial charge in [-0.15, -0.1) is 0 Å². The summed E-state index contributed by atoms with van der Waals surface area (Å²) in [5.74, 6) is -1.25. The molecule has 1 aliphatic rings. The predicted octanol–water partition coefficient (Wildman–Crippen LogP) is 5.41. The molecule has 3 aromatic rings. The Hall–Kier alpha value is -3.48. The molecule has 0 atom stereocenters. The summed E-state index contributed by atoms with van der Waals surface area (Å²) in [5, 5.41) is 0. The van der Waals surface area contributed by atoms with Crippen LogP contribution < -0.4 is 4.74 Å². The highest BCUT2D eigenvalue weighted by atomic mass is 19.2. The molecule has 5 nitrogen and oxygen atoms in total. The van der Waals surface area contributed by atoms with Crippen molar-refractivity contribution in [2.24, 2.45) is 0 Å². The van der Waals surface area contributed by atoms with Crippen molar-refractivity contribution < 1.29 is 18.3 Å². The summed E-state index contributed by atoms with van der Waals surface area (Å²) in [4.78, 5) is 19.4. The molecule has 0 saturated carbocycles. The second-order valence-electron chi connectivity index (χ2n) is 8.77. The third-order valence-electron chi connectivity index (χ3n) is 6.18. The molecule has 1 aliphatic heterocycles. The summed E-state index contributed by atoms with van der Waals surface area (Å²) < 4.78 is 34.8. The van der Waals surface area contributed by atoms with Crippen LogP contribution in [0.3, 0.4) is 0 Å². The molecule has 4 rings (SSSR count). The number of imidazole rings is 1. The van der Waals surface area contributed by atoms with Crippen LogP contribution in [-0.4, -0.2) is 34.0 Å². The van der Waals surface area contributed by atoms with Crippen molar-refractivity contribution >= 4 is 12.0 Å². The summed E-state index contributed by atoms with van der Waals surface area (Å²) in [6.45, 7) is 6.17. The second kappa shape index (κ2) is 8.81. The molecule has 0 aliphatic carbocycles. The van der Waals surface area contributed by atoms with Crippen LogP contribution in [0, 0.1) is 18.6 Å². The van der Waals surface area contributed by atoms with Gasteiger partial charge >= 0.3 is 0 Å². The van der Waals surface area contributed by atoms with E-state index in [0.717, 1.165) is 29.4 Å². The third-order valence-corrected chi connectivity index (χ3v) is 6.18. The van der Waals surface area contributed by atoms with E-state index in [0.29, 0.717) is 29.9 Å². The molecule has 1 saturated heterocycles. The van der Waals surface area contributed by atoms with Gasteiger partial charge in [0.15, 0.2) is 11.6 Å². The lowest BCUT2D eigenvalue weighted by Gasteiger charge is -2.42. The fraction of sp³-hybridized carbons (Fsp3) is 0.308. The molecule has 1 fully saturated rings. The highest BCUT2D eigenvalue weighted by Gasteiger charge is 2.36. The number of hydrogen-bond acceptors (Lipinski definition) is 3. The Morgan fingerprint density at radius 3 is 2.58 bits per heavy atom. The zero-order chi connectivity index (χ0) is 23.8. The van der Waals surface area contributed by atoms with E-state index in [1.165, 1.54) is 12.1 Å². The molecule has 33 heavy (non-hydrogen) atoms. The molecule has 172 valence electrons. The van der Waals surface area contributed by atoms with E-state index in [1.807, 2.05) is 55.8 Å². The van der Waals surface area contributed by atoms with Gasteiger partial charge < -0.3 is 14.2 Å². The van der Waals surface area contributed by atoms with E-state index < -0.39 is 17.2 Å². The van der Waals surface area contributed by atoms with Gasteiger partial charge in [0.2, 0.25) is 0 Å². The highest BCUT2D eigenvalue weighted by molar-refractivity contribution is 5.99. The summed E-state index contributed by atoms with van der Waals surface area (Å²) in [7, 11) is 1.61. The largest absolute Gasteiger partial charge is 0.495 e. The molecule has 0 N–H and O–H groups in total. The first-order valence-corrected chi connectivity index (χ1v) is 10.9. The minimum absolute atomic E-state index is 0.107. The Kier molecular flexibility index (Phi) is 6.06. The molecule has 7 heteroatoms. The van der Waals surface area contributed by atoms with Gasteiger partial charge in [-0.05, 0) is 75.1 Å². The lowest BCUT2D eigenvalue weighted by Crippen LogP contribution is -2.48. The minimum atomic E-state index is -0.916. The summed E-state index contributed by atoms with van der Waals surface area (Å²) in [5.41, 5.74) is 3.05. The number of aryl methyl sites for hydroxylation is 1.